The van der Waals surface area contributed by atoms with Gasteiger partial charge in [-0.05, 0) is 24.6 Å². The first kappa shape index (κ1) is 12.0. The van der Waals surface area contributed by atoms with Crippen molar-refractivity contribution in [1.29, 1.82) is 0 Å². The Morgan fingerprint density at radius 3 is 2.76 bits per heavy atom. The molecule has 0 saturated heterocycles. The van der Waals surface area contributed by atoms with E-state index in [9.17, 15) is 4.79 Å². The number of nitrogens with one attached hydrogen (secondary N) is 1. The summed E-state index contributed by atoms with van der Waals surface area (Å²) in [5.41, 5.74) is 7.02. The second kappa shape index (κ2) is 5.21. The molecule has 0 saturated carbocycles. The lowest BCUT2D eigenvalue weighted by Crippen LogP contribution is -2.21. The van der Waals surface area contributed by atoms with E-state index in [1.165, 1.54) is 4.68 Å². The Kier molecular flexibility index (Phi) is 3.66. The zero-order valence-corrected chi connectivity index (χ0v) is 10.1. The van der Waals surface area contributed by atoms with Crippen molar-refractivity contribution >= 4 is 11.6 Å². The molecule has 90 valence electrons. The number of benzene rings is 1. The Morgan fingerprint density at radius 2 is 2.06 bits per heavy atom. The van der Waals surface area contributed by atoms with Crippen LogP contribution >= 0.6 is 11.6 Å². The first-order valence-corrected chi connectivity index (χ1v) is 5.80. The van der Waals surface area contributed by atoms with Crippen molar-refractivity contribution in [1.82, 2.24) is 9.78 Å². The number of hydrogen-bond donors (Lipinski definition) is 2. The summed E-state index contributed by atoms with van der Waals surface area (Å²) in [5, 5.41) is 3.59. The fourth-order valence-corrected chi connectivity index (χ4v) is 1.89. The summed E-state index contributed by atoms with van der Waals surface area (Å²) >= 11 is 6.05. The van der Waals surface area contributed by atoms with E-state index in [2.05, 4.69) is 5.10 Å². The summed E-state index contributed by atoms with van der Waals surface area (Å²) in [5.74, 6) is 0. The molecule has 0 unspecified atom stereocenters. The predicted octanol–water partition coefficient (Wildman–Crippen LogP) is 1.38. The third kappa shape index (κ3) is 2.60. The highest BCUT2D eigenvalue weighted by Gasteiger charge is 2.07. The van der Waals surface area contributed by atoms with Gasteiger partial charge in [-0.1, -0.05) is 29.8 Å². The molecule has 0 fully saturated rings. The van der Waals surface area contributed by atoms with Crippen LogP contribution in [0.2, 0.25) is 5.02 Å². The molecule has 0 aliphatic heterocycles. The van der Waals surface area contributed by atoms with Crippen molar-refractivity contribution in [2.45, 2.75) is 13.0 Å². The summed E-state index contributed by atoms with van der Waals surface area (Å²) in [7, 11) is 0. The van der Waals surface area contributed by atoms with Gasteiger partial charge in [0.1, 0.15) is 0 Å². The maximum atomic E-state index is 11.9. The molecular weight excluding hydrogens is 238 g/mol. The first-order valence-electron chi connectivity index (χ1n) is 5.43. The summed E-state index contributed by atoms with van der Waals surface area (Å²) in [6.45, 7) is 0.919. The van der Waals surface area contributed by atoms with Crippen LogP contribution in [0.3, 0.4) is 0 Å². The van der Waals surface area contributed by atoms with Gasteiger partial charge in [0.15, 0.2) is 0 Å². The van der Waals surface area contributed by atoms with Crippen LogP contribution in [0.1, 0.15) is 11.1 Å². The molecule has 0 aliphatic rings. The number of hydrogen-bond acceptors (Lipinski definition) is 2. The third-order valence-electron chi connectivity index (χ3n) is 2.61. The molecule has 17 heavy (non-hydrogen) atoms. The lowest BCUT2D eigenvalue weighted by Gasteiger charge is -2.03. The maximum Gasteiger partial charge on any atom is 0.270 e. The molecule has 4 nitrogen and oxygen atoms in total. The van der Waals surface area contributed by atoms with Crippen LogP contribution in [0.25, 0.3) is 0 Å². The predicted molar refractivity (Wildman–Crippen MR) is 68.4 cm³/mol. The number of nitrogens with zero attached hydrogens (tertiary/aromatic N) is 1. The number of aromatic amines is 1. The molecule has 0 amide bonds. The van der Waals surface area contributed by atoms with Crippen molar-refractivity contribution in [3.63, 3.8) is 0 Å². The van der Waals surface area contributed by atoms with Gasteiger partial charge in [0.2, 0.25) is 0 Å². The molecule has 2 aromatic rings. The van der Waals surface area contributed by atoms with Crippen LogP contribution in [0.15, 0.2) is 35.3 Å². The lowest BCUT2D eigenvalue weighted by molar-refractivity contribution is 0.662. The Morgan fingerprint density at radius 1 is 1.29 bits per heavy atom. The van der Waals surface area contributed by atoms with Gasteiger partial charge in [0.05, 0.1) is 6.54 Å². The summed E-state index contributed by atoms with van der Waals surface area (Å²) < 4.78 is 1.53. The minimum atomic E-state index is -0.0321. The number of halogens is 1. The molecule has 0 bridgehead atoms. The van der Waals surface area contributed by atoms with E-state index in [-0.39, 0.29) is 5.56 Å². The third-order valence-corrected chi connectivity index (χ3v) is 2.98. The number of H-pyrrole nitrogens is 1. The van der Waals surface area contributed by atoms with Crippen molar-refractivity contribution in [3.05, 3.63) is 57.0 Å². The Labute approximate surface area is 104 Å². The van der Waals surface area contributed by atoms with E-state index in [4.69, 9.17) is 17.3 Å². The SMILES string of the molecule is NCCc1c[nH]n(Cc2ccccc2Cl)c1=O. The van der Waals surface area contributed by atoms with Gasteiger partial charge in [-0.25, -0.2) is 4.68 Å². The Hall–Kier alpha value is -1.52. The monoisotopic (exact) mass is 251 g/mol. The fourth-order valence-electron chi connectivity index (χ4n) is 1.70. The first-order chi connectivity index (χ1) is 8.22. The van der Waals surface area contributed by atoms with Gasteiger partial charge in [0.25, 0.3) is 5.56 Å². The molecule has 0 spiro atoms. The quantitative estimate of drug-likeness (QED) is 0.862. The van der Waals surface area contributed by atoms with E-state index in [1.807, 2.05) is 24.3 Å². The van der Waals surface area contributed by atoms with Crippen molar-refractivity contribution in [2.24, 2.45) is 5.73 Å². The fraction of sp³-hybridized carbons (Fsp3) is 0.250. The highest BCUT2D eigenvalue weighted by molar-refractivity contribution is 6.31. The molecule has 1 heterocycles. The number of nitrogens with two attached hydrogens (primary N) is 1. The van der Waals surface area contributed by atoms with Crippen LogP contribution in [0.4, 0.5) is 0 Å². The van der Waals surface area contributed by atoms with E-state index in [0.717, 1.165) is 5.56 Å². The Bertz CT molecular complexity index is 559. The van der Waals surface area contributed by atoms with E-state index < -0.39 is 0 Å². The minimum Gasteiger partial charge on any atom is -0.330 e. The zero-order valence-electron chi connectivity index (χ0n) is 9.32. The maximum absolute atomic E-state index is 11.9. The average molecular weight is 252 g/mol. The molecule has 1 aromatic carbocycles. The Balaban J connectivity index is 2.25. The van der Waals surface area contributed by atoms with Crippen LogP contribution in [0.5, 0.6) is 0 Å². The summed E-state index contributed by atoms with van der Waals surface area (Å²) in [6.07, 6.45) is 2.29. The van der Waals surface area contributed by atoms with Gasteiger partial charge in [0, 0.05) is 16.8 Å². The second-order valence-electron chi connectivity index (χ2n) is 3.82. The average Bonchev–Trinajstić information content (AvgIpc) is 2.65. The van der Waals surface area contributed by atoms with Gasteiger partial charge in [-0.2, -0.15) is 0 Å². The topological polar surface area (TPSA) is 63.8 Å². The van der Waals surface area contributed by atoms with E-state index >= 15 is 0 Å². The highest BCUT2D eigenvalue weighted by Crippen LogP contribution is 2.15. The summed E-state index contributed by atoms with van der Waals surface area (Å²) in [6, 6.07) is 7.48. The molecule has 0 aliphatic carbocycles. The molecule has 5 heteroatoms. The van der Waals surface area contributed by atoms with Crippen molar-refractivity contribution in [3.8, 4) is 0 Å². The lowest BCUT2D eigenvalue weighted by atomic mass is 10.2. The zero-order chi connectivity index (χ0) is 12.3. The van der Waals surface area contributed by atoms with Crippen molar-refractivity contribution in [2.75, 3.05) is 6.54 Å². The molecule has 3 N–H and O–H groups in total. The van der Waals surface area contributed by atoms with Gasteiger partial charge >= 0.3 is 0 Å². The van der Waals surface area contributed by atoms with Crippen LogP contribution in [0, 0.1) is 0 Å². The molecular formula is C12H14ClN3O. The number of rotatable bonds is 4. The van der Waals surface area contributed by atoms with E-state index in [1.54, 1.807) is 6.20 Å². The summed E-state index contributed by atoms with van der Waals surface area (Å²) in [4.78, 5) is 11.9. The van der Waals surface area contributed by atoms with Crippen LogP contribution in [-0.2, 0) is 13.0 Å². The standard InChI is InChI=1S/C12H14ClN3O/c13-11-4-2-1-3-10(11)8-16-12(17)9(5-6-14)7-15-16/h1-4,7,15H,5-6,8,14H2. The molecule has 0 atom stereocenters. The number of aromatic nitrogens is 2. The van der Waals surface area contributed by atoms with Crippen molar-refractivity contribution < 1.29 is 0 Å². The van der Waals surface area contributed by atoms with Gasteiger partial charge in [-0.3, -0.25) is 4.79 Å². The van der Waals surface area contributed by atoms with Gasteiger partial charge < -0.3 is 10.8 Å². The highest BCUT2D eigenvalue weighted by atomic mass is 35.5. The largest absolute Gasteiger partial charge is 0.330 e. The molecule has 0 radical (unpaired) electrons. The second-order valence-corrected chi connectivity index (χ2v) is 4.23. The van der Waals surface area contributed by atoms with Crippen LogP contribution < -0.4 is 11.3 Å². The minimum absolute atomic E-state index is 0.0321. The van der Waals surface area contributed by atoms with E-state index in [0.29, 0.717) is 30.1 Å². The van der Waals surface area contributed by atoms with Gasteiger partial charge in [-0.15, -0.1) is 0 Å². The van der Waals surface area contributed by atoms with Crippen LogP contribution in [-0.4, -0.2) is 16.3 Å². The normalized spacial score (nSPS) is 10.7. The molecule has 2 rings (SSSR count). The smallest absolute Gasteiger partial charge is 0.270 e. The molecule has 1 aromatic heterocycles.